The second-order valence-corrected chi connectivity index (χ2v) is 5.16. The van der Waals surface area contributed by atoms with Crippen molar-refractivity contribution in [2.24, 2.45) is 5.92 Å². The van der Waals surface area contributed by atoms with Gasteiger partial charge in [0.05, 0.1) is 7.11 Å². The molecule has 1 fully saturated rings. The molecule has 0 heterocycles. The monoisotopic (exact) mass is 281 g/mol. The van der Waals surface area contributed by atoms with Gasteiger partial charge in [-0.15, -0.1) is 0 Å². The maximum atomic E-state index is 13.3. The Labute approximate surface area is 117 Å². The number of hydrogen-bond donors (Lipinski definition) is 2. The molecule has 2 N–H and O–H groups in total. The summed E-state index contributed by atoms with van der Waals surface area (Å²) in [5.74, 6) is -0.585. The van der Waals surface area contributed by atoms with E-state index in [4.69, 9.17) is 4.74 Å². The molecule has 0 aromatic heterocycles. The lowest BCUT2D eigenvalue weighted by molar-refractivity contribution is 0.0872. The summed E-state index contributed by atoms with van der Waals surface area (Å²) in [6.07, 6.45) is 3.93. The zero-order valence-corrected chi connectivity index (χ0v) is 11.6. The summed E-state index contributed by atoms with van der Waals surface area (Å²) in [5.41, 5.74) is 0.366. The molecule has 20 heavy (non-hydrogen) atoms. The van der Waals surface area contributed by atoms with Crippen LogP contribution in [0.5, 0.6) is 5.75 Å². The normalized spacial score (nSPS) is 22.4. The zero-order valence-electron chi connectivity index (χ0n) is 11.6. The van der Waals surface area contributed by atoms with Gasteiger partial charge in [-0.25, -0.2) is 4.39 Å². The van der Waals surface area contributed by atoms with E-state index in [1.165, 1.54) is 25.3 Å². The van der Waals surface area contributed by atoms with E-state index < -0.39 is 5.82 Å². The van der Waals surface area contributed by atoms with Gasteiger partial charge >= 0.3 is 0 Å². The van der Waals surface area contributed by atoms with E-state index in [2.05, 4.69) is 5.32 Å². The minimum atomic E-state index is -0.491. The highest BCUT2D eigenvalue weighted by Crippen LogP contribution is 2.25. The zero-order chi connectivity index (χ0) is 14.5. The van der Waals surface area contributed by atoms with Crippen molar-refractivity contribution in [1.29, 1.82) is 0 Å². The van der Waals surface area contributed by atoms with Gasteiger partial charge in [-0.2, -0.15) is 0 Å². The maximum Gasteiger partial charge on any atom is 0.251 e. The number of methoxy groups -OCH3 is 1. The average Bonchev–Trinajstić information content (AvgIpc) is 2.48. The molecule has 1 aromatic rings. The smallest absolute Gasteiger partial charge is 0.251 e. The first-order valence-corrected chi connectivity index (χ1v) is 6.91. The first-order chi connectivity index (χ1) is 9.65. The van der Waals surface area contributed by atoms with E-state index in [0.29, 0.717) is 5.56 Å². The minimum Gasteiger partial charge on any atom is -0.494 e. The summed E-state index contributed by atoms with van der Waals surface area (Å²) < 4.78 is 18.2. The van der Waals surface area contributed by atoms with E-state index in [9.17, 15) is 14.3 Å². The van der Waals surface area contributed by atoms with Crippen molar-refractivity contribution in [1.82, 2.24) is 5.32 Å². The second-order valence-electron chi connectivity index (χ2n) is 5.16. The van der Waals surface area contributed by atoms with Gasteiger partial charge in [0, 0.05) is 24.1 Å². The molecule has 0 radical (unpaired) electrons. The van der Waals surface area contributed by atoms with Gasteiger partial charge in [-0.3, -0.25) is 4.79 Å². The quantitative estimate of drug-likeness (QED) is 0.888. The first-order valence-electron chi connectivity index (χ1n) is 6.91. The van der Waals surface area contributed by atoms with Crippen LogP contribution in [0.15, 0.2) is 18.2 Å². The summed E-state index contributed by atoms with van der Waals surface area (Å²) in [4.78, 5) is 12.2. The molecule has 0 aliphatic heterocycles. The fraction of sp³-hybridized carbons (Fsp3) is 0.533. The van der Waals surface area contributed by atoms with Gasteiger partial charge in [0.25, 0.3) is 5.91 Å². The van der Waals surface area contributed by atoms with E-state index >= 15 is 0 Å². The lowest BCUT2D eigenvalue weighted by atomic mass is 9.85. The number of aliphatic hydroxyl groups is 1. The van der Waals surface area contributed by atoms with Gasteiger partial charge in [0.15, 0.2) is 11.6 Å². The van der Waals surface area contributed by atoms with Crippen molar-refractivity contribution in [3.05, 3.63) is 29.6 Å². The van der Waals surface area contributed by atoms with Crippen molar-refractivity contribution in [2.45, 2.75) is 31.7 Å². The summed E-state index contributed by atoms with van der Waals surface area (Å²) in [6, 6.07) is 4.03. The largest absolute Gasteiger partial charge is 0.494 e. The maximum absolute atomic E-state index is 13.3. The van der Waals surface area contributed by atoms with Gasteiger partial charge in [-0.1, -0.05) is 12.8 Å². The molecule has 1 aliphatic carbocycles. The number of benzene rings is 1. The third-order valence-corrected chi connectivity index (χ3v) is 3.87. The van der Waals surface area contributed by atoms with Gasteiger partial charge in [0.2, 0.25) is 0 Å². The number of halogens is 1. The van der Waals surface area contributed by atoms with E-state index in [0.717, 1.165) is 25.7 Å². The molecular weight excluding hydrogens is 261 g/mol. The van der Waals surface area contributed by atoms with Crippen molar-refractivity contribution in [3.63, 3.8) is 0 Å². The summed E-state index contributed by atoms with van der Waals surface area (Å²) in [5, 5.41) is 12.3. The third kappa shape index (κ3) is 3.28. The molecule has 1 aliphatic rings. The van der Waals surface area contributed by atoms with Crippen LogP contribution in [-0.2, 0) is 0 Å². The Morgan fingerprint density at radius 3 is 2.90 bits per heavy atom. The van der Waals surface area contributed by atoms with E-state index in [-0.39, 0.29) is 30.2 Å². The number of hydrogen-bond acceptors (Lipinski definition) is 3. The molecular formula is C15H20FNO3. The van der Waals surface area contributed by atoms with Crippen LogP contribution in [0.25, 0.3) is 0 Å². The highest BCUT2D eigenvalue weighted by Gasteiger charge is 2.26. The summed E-state index contributed by atoms with van der Waals surface area (Å²) in [6.45, 7) is 0.0810. The molecule has 2 unspecified atom stereocenters. The Balaban J connectivity index is 2.07. The Kier molecular flexibility index (Phi) is 4.95. The lowest BCUT2D eigenvalue weighted by Crippen LogP contribution is -2.43. The fourth-order valence-electron chi connectivity index (χ4n) is 2.67. The average molecular weight is 281 g/mol. The number of carbonyl (C=O) groups excluding carboxylic acids is 1. The Morgan fingerprint density at radius 1 is 1.45 bits per heavy atom. The number of amides is 1. The molecule has 2 rings (SSSR count). The van der Waals surface area contributed by atoms with Crippen molar-refractivity contribution < 1.29 is 19.0 Å². The first kappa shape index (κ1) is 14.8. The minimum absolute atomic E-state index is 0.0164. The van der Waals surface area contributed by atoms with E-state index in [1.54, 1.807) is 0 Å². The number of aliphatic hydroxyl groups excluding tert-OH is 1. The fourth-order valence-corrected chi connectivity index (χ4v) is 2.67. The molecule has 1 aromatic carbocycles. The van der Waals surface area contributed by atoms with Crippen LogP contribution < -0.4 is 10.1 Å². The van der Waals surface area contributed by atoms with Crippen LogP contribution in [0.1, 0.15) is 36.0 Å². The van der Waals surface area contributed by atoms with Crippen molar-refractivity contribution in [2.75, 3.05) is 13.7 Å². The van der Waals surface area contributed by atoms with Crippen molar-refractivity contribution >= 4 is 5.91 Å². The van der Waals surface area contributed by atoms with Crippen LogP contribution in [-0.4, -0.2) is 30.8 Å². The number of ether oxygens (including phenoxy) is 1. The highest BCUT2D eigenvalue weighted by atomic mass is 19.1. The highest BCUT2D eigenvalue weighted by molar-refractivity contribution is 5.94. The van der Waals surface area contributed by atoms with Crippen LogP contribution in [0.4, 0.5) is 4.39 Å². The number of carbonyl (C=O) groups is 1. The third-order valence-electron chi connectivity index (χ3n) is 3.87. The molecule has 0 bridgehead atoms. The topological polar surface area (TPSA) is 58.6 Å². The van der Waals surface area contributed by atoms with E-state index in [1.807, 2.05) is 0 Å². The number of rotatable bonds is 4. The SMILES string of the molecule is COc1cc(C(=O)NC2CCCCC2CO)ccc1F. The Morgan fingerprint density at radius 2 is 2.20 bits per heavy atom. The van der Waals surface area contributed by atoms with Gasteiger partial charge < -0.3 is 15.2 Å². The second kappa shape index (κ2) is 6.70. The molecule has 0 saturated heterocycles. The standard InChI is InChI=1S/C15H20FNO3/c1-20-14-8-10(6-7-12(14)16)15(19)17-13-5-3-2-4-11(13)9-18/h6-8,11,13,18H,2-5,9H2,1H3,(H,17,19). The Hall–Kier alpha value is -1.62. The van der Waals surface area contributed by atoms with Crippen LogP contribution >= 0.6 is 0 Å². The molecule has 4 nitrogen and oxygen atoms in total. The molecule has 0 spiro atoms. The predicted octanol–water partition coefficient (Wildman–Crippen LogP) is 2.12. The predicted molar refractivity (Wildman–Crippen MR) is 73.3 cm³/mol. The van der Waals surface area contributed by atoms with Crippen molar-refractivity contribution in [3.8, 4) is 5.75 Å². The lowest BCUT2D eigenvalue weighted by Gasteiger charge is -2.30. The molecule has 1 saturated carbocycles. The molecule has 5 heteroatoms. The van der Waals surface area contributed by atoms with Crippen LogP contribution in [0.2, 0.25) is 0 Å². The van der Waals surface area contributed by atoms with Crippen LogP contribution in [0.3, 0.4) is 0 Å². The van der Waals surface area contributed by atoms with Crippen LogP contribution in [0, 0.1) is 11.7 Å². The Bertz CT molecular complexity index is 478. The molecule has 2 atom stereocenters. The van der Waals surface area contributed by atoms with Gasteiger partial charge in [0.1, 0.15) is 0 Å². The molecule has 1 amide bonds. The van der Waals surface area contributed by atoms with Gasteiger partial charge in [-0.05, 0) is 31.0 Å². The number of nitrogens with one attached hydrogen (secondary N) is 1. The molecule has 110 valence electrons. The summed E-state index contributed by atoms with van der Waals surface area (Å²) in [7, 11) is 1.36. The summed E-state index contributed by atoms with van der Waals surface area (Å²) >= 11 is 0.